The molecule has 4 rings (SSSR count). The number of fused-ring (bicyclic) bond motifs is 1. The average Bonchev–Trinajstić information content (AvgIpc) is 3.16. The summed E-state index contributed by atoms with van der Waals surface area (Å²) in [6.07, 6.45) is 7.27. The fraction of sp³-hybridized carbons (Fsp3) is 0. The monoisotopic (exact) mass is 262 g/mol. The number of nitrogens with zero attached hydrogens (tertiary/aromatic N) is 6. The molecule has 0 aliphatic heterocycles. The first-order valence-corrected chi connectivity index (χ1v) is 6.18. The molecule has 0 radical (unpaired) electrons. The molecule has 6 nitrogen and oxygen atoms in total. The molecular formula is C14H10N6. The van der Waals surface area contributed by atoms with Crippen molar-refractivity contribution in [3.8, 4) is 17.3 Å². The van der Waals surface area contributed by atoms with Gasteiger partial charge in [-0.15, -0.1) is 5.10 Å². The summed E-state index contributed by atoms with van der Waals surface area (Å²) >= 11 is 0. The van der Waals surface area contributed by atoms with E-state index in [1.165, 1.54) is 0 Å². The molecule has 4 aromatic heterocycles. The number of hydrogen-bond donors (Lipinski definition) is 0. The Labute approximate surface area is 114 Å². The SMILES string of the molecule is c1ccc(-c2ccnc3nc(-n4cccc4)nn23)nc1. The van der Waals surface area contributed by atoms with Gasteiger partial charge in [0.05, 0.1) is 11.4 Å². The molecule has 0 aliphatic rings. The highest BCUT2D eigenvalue weighted by molar-refractivity contribution is 5.56. The molecule has 0 saturated heterocycles. The lowest BCUT2D eigenvalue weighted by atomic mass is 10.2. The average molecular weight is 262 g/mol. The quantitative estimate of drug-likeness (QED) is 0.554. The number of hydrogen-bond acceptors (Lipinski definition) is 4. The molecule has 0 fully saturated rings. The molecule has 0 saturated carbocycles. The normalized spacial score (nSPS) is 11.0. The van der Waals surface area contributed by atoms with Crippen LogP contribution in [-0.4, -0.2) is 29.1 Å². The Kier molecular flexibility index (Phi) is 2.32. The molecule has 0 aromatic carbocycles. The molecule has 0 bridgehead atoms. The minimum Gasteiger partial charge on any atom is -0.291 e. The van der Waals surface area contributed by atoms with E-state index in [9.17, 15) is 0 Å². The van der Waals surface area contributed by atoms with E-state index in [1.54, 1.807) is 16.9 Å². The van der Waals surface area contributed by atoms with E-state index in [0.29, 0.717) is 11.7 Å². The van der Waals surface area contributed by atoms with Gasteiger partial charge in [0.1, 0.15) is 0 Å². The second kappa shape index (κ2) is 4.27. The molecule has 0 aliphatic carbocycles. The van der Waals surface area contributed by atoms with Crippen molar-refractivity contribution < 1.29 is 0 Å². The van der Waals surface area contributed by atoms with Gasteiger partial charge in [-0.3, -0.25) is 9.55 Å². The number of rotatable bonds is 2. The smallest absolute Gasteiger partial charge is 0.255 e. The van der Waals surface area contributed by atoms with Gasteiger partial charge in [-0.2, -0.15) is 9.50 Å². The first-order valence-electron chi connectivity index (χ1n) is 6.18. The van der Waals surface area contributed by atoms with Gasteiger partial charge in [0, 0.05) is 24.8 Å². The zero-order valence-corrected chi connectivity index (χ0v) is 10.5. The van der Waals surface area contributed by atoms with E-state index in [-0.39, 0.29) is 0 Å². The standard InChI is InChI=1S/C14H10N6/c1-2-7-15-11(5-1)12-6-8-16-13-17-14(18-20(12)13)19-9-3-4-10-19/h1-10H. The molecule has 0 unspecified atom stereocenters. The van der Waals surface area contributed by atoms with E-state index < -0.39 is 0 Å². The van der Waals surface area contributed by atoms with Crippen molar-refractivity contribution >= 4 is 5.78 Å². The predicted octanol–water partition coefficient (Wildman–Crippen LogP) is 1.98. The summed E-state index contributed by atoms with van der Waals surface area (Å²) < 4.78 is 3.55. The molecule has 0 N–H and O–H groups in total. The molecular weight excluding hydrogens is 252 g/mol. The topological polar surface area (TPSA) is 60.9 Å². The van der Waals surface area contributed by atoms with Gasteiger partial charge in [0.15, 0.2) is 0 Å². The predicted molar refractivity (Wildman–Crippen MR) is 73.3 cm³/mol. The first-order chi connectivity index (χ1) is 9.92. The van der Waals surface area contributed by atoms with E-state index in [1.807, 2.05) is 53.4 Å². The van der Waals surface area contributed by atoms with E-state index in [2.05, 4.69) is 20.1 Å². The van der Waals surface area contributed by atoms with Crippen LogP contribution in [0.2, 0.25) is 0 Å². The third kappa shape index (κ3) is 1.66. The van der Waals surface area contributed by atoms with Crippen LogP contribution in [0.1, 0.15) is 0 Å². The van der Waals surface area contributed by atoms with Crippen LogP contribution in [0, 0.1) is 0 Å². The van der Waals surface area contributed by atoms with E-state index >= 15 is 0 Å². The Balaban J connectivity index is 1.95. The molecule has 0 amide bonds. The van der Waals surface area contributed by atoms with Crippen molar-refractivity contribution in [1.29, 1.82) is 0 Å². The van der Waals surface area contributed by atoms with Crippen molar-refractivity contribution in [2.75, 3.05) is 0 Å². The third-order valence-electron chi connectivity index (χ3n) is 2.99. The fourth-order valence-corrected chi connectivity index (χ4v) is 2.07. The summed E-state index contributed by atoms with van der Waals surface area (Å²) in [4.78, 5) is 13.0. The van der Waals surface area contributed by atoms with Crippen LogP contribution in [0.15, 0.2) is 61.2 Å². The Morgan fingerprint density at radius 3 is 2.55 bits per heavy atom. The molecule has 4 aromatic rings. The Morgan fingerprint density at radius 1 is 0.850 bits per heavy atom. The van der Waals surface area contributed by atoms with Crippen LogP contribution < -0.4 is 0 Å². The second-order valence-corrected chi connectivity index (χ2v) is 4.26. The molecule has 96 valence electrons. The first kappa shape index (κ1) is 10.9. The van der Waals surface area contributed by atoms with Crippen molar-refractivity contribution in [3.05, 3.63) is 61.2 Å². The van der Waals surface area contributed by atoms with Gasteiger partial charge in [0.25, 0.3) is 11.7 Å². The number of pyridine rings is 1. The highest BCUT2D eigenvalue weighted by Crippen LogP contribution is 2.16. The minimum absolute atomic E-state index is 0.553. The Hall–Kier alpha value is -3.02. The van der Waals surface area contributed by atoms with Crippen LogP contribution in [0.25, 0.3) is 23.1 Å². The maximum Gasteiger partial charge on any atom is 0.255 e. The lowest BCUT2D eigenvalue weighted by Gasteiger charge is -2.01. The molecule has 6 heteroatoms. The zero-order chi connectivity index (χ0) is 13.4. The molecule has 4 heterocycles. The summed E-state index contributed by atoms with van der Waals surface area (Å²) in [7, 11) is 0. The molecule has 0 spiro atoms. The maximum atomic E-state index is 4.50. The highest BCUT2D eigenvalue weighted by Gasteiger charge is 2.10. The second-order valence-electron chi connectivity index (χ2n) is 4.26. The summed E-state index contributed by atoms with van der Waals surface area (Å²) in [6.45, 7) is 0. The summed E-state index contributed by atoms with van der Waals surface area (Å²) in [6, 6.07) is 11.5. The van der Waals surface area contributed by atoms with Gasteiger partial charge < -0.3 is 0 Å². The van der Waals surface area contributed by atoms with Crippen molar-refractivity contribution in [2.45, 2.75) is 0 Å². The van der Waals surface area contributed by atoms with Crippen LogP contribution in [-0.2, 0) is 0 Å². The lowest BCUT2D eigenvalue weighted by molar-refractivity contribution is 0.886. The van der Waals surface area contributed by atoms with Crippen LogP contribution >= 0.6 is 0 Å². The van der Waals surface area contributed by atoms with Gasteiger partial charge >= 0.3 is 0 Å². The van der Waals surface area contributed by atoms with Crippen molar-refractivity contribution in [3.63, 3.8) is 0 Å². The highest BCUT2D eigenvalue weighted by atomic mass is 15.4. The van der Waals surface area contributed by atoms with Gasteiger partial charge in [-0.1, -0.05) is 6.07 Å². The summed E-state index contributed by atoms with van der Waals surface area (Å²) in [5, 5.41) is 4.50. The van der Waals surface area contributed by atoms with Gasteiger partial charge in [-0.25, -0.2) is 4.98 Å². The summed E-state index contributed by atoms with van der Waals surface area (Å²) in [5.74, 6) is 1.14. The Morgan fingerprint density at radius 2 is 1.75 bits per heavy atom. The maximum absolute atomic E-state index is 4.50. The van der Waals surface area contributed by atoms with Crippen molar-refractivity contribution in [2.24, 2.45) is 0 Å². The van der Waals surface area contributed by atoms with Crippen LogP contribution in [0.4, 0.5) is 0 Å². The fourth-order valence-electron chi connectivity index (χ4n) is 2.07. The largest absolute Gasteiger partial charge is 0.291 e. The van der Waals surface area contributed by atoms with Crippen LogP contribution in [0.3, 0.4) is 0 Å². The molecule has 0 atom stereocenters. The molecule has 20 heavy (non-hydrogen) atoms. The lowest BCUT2D eigenvalue weighted by Crippen LogP contribution is -1.98. The number of aromatic nitrogens is 6. The van der Waals surface area contributed by atoms with E-state index in [4.69, 9.17) is 0 Å². The Bertz CT molecular complexity index is 848. The van der Waals surface area contributed by atoms with Crippen LogP contribution in [0.5, 0.6) is 0 Å². The van der Waals surface area contributed by atoms with Crippen molar-refractivity contribution in [1.82, 2.24) is 29.1 Å². The van der Waals surface area contributed by atoms with Gasteiger partial charge in [0.2, 0.25) is 0 Å². The summed E-state index contributed by atoms with van der Waals surface area (Å²) in [5.41, 5.74) is 1.70. The minimum atomic E-state index is 0.553. The zero-order valence-electron chi connectivity index (χ0n) is 10.5. The third-order valence-corrected chi connectivity index (χ3v) is 2.99. The van der Waals surface area contributed by atoms with Gasteiger partial charge in [-0.05, 0) is 30.3 Å². The van der Waals surface area contributed by atoms with E-state index in [0.717, 1.165) is 11.4 Å².